The number of methoxy groups -OCH3 is 4. The first-order valence-corrected chi connectivity index (χ1v) is 9.61. The molecule has 29 heavy (non-hydrogen) atoms. The van der Waals surface area contributed by atoms with E-state index in [9.17, 15) is 9.59 Å². The van der Waals surface area contributed by atoms with Gasteiger partial charge in [-0.2, -0.15) is 0 Å². The smallest absolute Gasteiger partial charge is 0.337 e. The van der Waals surface area contributed by atoms with Crippen LogP contribution >= 0.6 is 11.8 Å². The monoisotopic (exact) mass is 415 g/mol. The molecular formula is C21H21NO6S. The minimum atomic E-state index is -0.389. The number of benzene rings is 2. The topological polar surface area (TPSA) is 83.1 Å². The summed E-state index contributed by atoms with van der Waals surface area (Å²) in [5.41, 5.74) is 2.29. The molecule has 0 aromatic heterocycles. The van der Waals surface area contributed by atoms with E-state index < -0.39 is 0 Å². The van der Waals surface area contributed by atoms with Gasteiger partial charge in [-0.05, 0) is 29.8 Å². The Morgan fingerprint density at radius 3 is 2.03 bits per heavy atom. The summed E-state index contributed by atoms with van der Waals surface area (Å²) in [5, 5.41) is 4.86. The molecule has 0 bridgehead atoms. The lowest BCUT2D eigenvalue weighted by molar-refractivity contribution is 0.0600. The van der Waals surface area contributed by atoms with Crippen LogP contribution < -0.4 is 19.5 Å². The van der Waals surface area contributed by atoms with Crippen molar-refractivity contribution >= 4 is 23.5 Å². The molecule has 1 aliphatic rings. The normalized spacial score (nSPS) is 15.2. The predicted octanol–water partition coefficient (Wildman–Crippen LogP) is 3.56. The summed E-state index contributed by atoms with van der Waals surface area (Å²) in [6, 6.07) is 10.3. The van der Waals surface area contributed by atoms with Gasteiger partial charge in [-0.3, -0.25) is 4.79 Å². The van der Waals surface area contributed by atoms with Gasteiger partial charge >= 0.3 is 5.97 Å². The van der Waals surface area contributed by atoms with E-state index in [4.69, 9.17) is 18.9 Å². The Bertz CT molecular complexity index is 929. The molecule has 0 saturated heterocycles. The molecule has 1 heterocycles. The molecule has 8 heteroatoms. The molecule has 0 saturated carbocycles. The average Bonchev–Trinajstić information content (AvgIpc) is 3.27. The Morgan fingerprint density at radius 2 is 1.52 bits per heavy atom. The average molecular weight is 415 g/mol. The Hall–Kier alpha value is -3.13. The van der Waals surface area contributed by atoms with E-state index in [1.165, 1.54) is 40.2 Å². The van der Waals surface area contributed by atoms with Crippen molar-refractivity contribution in [1.29, 1.82) is 0 Å². The largest absolute Gasteiger partial charge is 0.493 e. The lowest BCUT2D eigenvalue weighted by atomic mass is 10.1. The molecule has 0 amide bonds. The zero-order valence-corrected chi connectivity index (χ0v) is 17.3. The summed E-state index contributed by atoms with van der Waals surface area (Å²) in [7, 11) is 5.86. The second-order valence-electron chi connectivity index (χ2n) is 6.05. The van der Waals surface area contributed by atoms with Crippen LogP contribution in [0.15, 0.2) is 47.5 Å². The van der Waals surface area contributed by atoms with E-state index >= 15 is 0 Å². The highest BCUT2D eigenvalue weighted by Crippen LogP contribution is 2.40. The van der Waals surface area contributed by atoms with Gasteiger partial charge in [0.1, 0.15) is 5.37 Å². The van der Waals surface area contributed by atoms with Crippen LogP contribution in [0.1, 0.15) is 31.7 Å². The van der Waals surface area contributed by atoms with Crippen LogP contribution in [0.25, 0.3) is 0 Å². The van der Waals surface area contributed by atoms with E-state index in [-0.39, 0.29) is 17.1 Å². The van der Waals surface area contributed by atoms with Gasteiger partial charge in [0.25, 0.3) is 0 Å². The Balaban J connectivity index is 1.78. The van der Waals surface area contributed by atoms with Crippen LogP contribution in [0.4, 0.5) is 0 Å². The molecule has 152 valence electrons. The molecule has 0 radical (unpaired) electrons. The zero-order valence-electron chi connectivity index (χ0n) is 16.5. The Kier molecular flexibility index (Phi) is 6.33. The lowest BCUT2D eigenvalue weighted by Gasteiger charge is -2.15. The van der Waals surface area contributed by atoms with Gasteiger partial charge in [0.2, 0.25) is 11.5 Å². The van der Waals surface area contributed by atoms with Gasteiger partial charge in [0.05, 0.1) is 39.7 Å². The van der Waals surface area contributed by atoms with Crippen molar-refractivity contribution in [2.75, 3.05) is 28.4 Å². The van der Waals surface area contributed by atoms with Crippen LogP contribution in [0, 0.1) is 0 Å². The van der Waals surface area contributed by atoms with Crippen molar-refractivity contribution < 1.29 is 28.5 Å². The number of hydrogen-bond acceptors (Lipinski definition) is 8. The van der Waals surface area contributed by atoms with Crippen molar-refractivity contribution in [1.82, 2.24) is 5.32 Å². The van der Waals surface area contributed by atoms with Gasteiger partial charge in [-0.25, -0.2) is 4.79 Å². The van der Waals surface area contributed by atoms with E-state index in [0.29, 0.717) is 34.1 Å². The summed E-state index contributed by atoms with van der Waals surface area (Å²) < 4.78 is 20.7. The van der Waals surface area contributed by atoms with Crippen molar-refractivity contribution in [3.63, 3.8) is 0 Å². The van der Waals surface area contributed by atoms with Crippen LogP contribution in [-0.2, 0) is 4.74 Å². The fourth-order valence-corrected chi connectivity index (χ4v) is 3.86. The highest BCUT2D eigenvalue weighted by molar-refractivity contribution is 8.02. The van der Waals surface area contributed by atoms with Crippen molar-refractivity contribution in [3.05, 3.63) is 64.2 Å². The molecule has 2 aromatic carbocycles. The third kappa shape index (κ3) is 4.17. The summed E-state index contributed by atoms with van der Waals surface area (Å²) in [6.45, 7) is 0. The Morgan fingerprint density at radius 1 is 0.897 bits per heavy atom. The van der Waals surface area contributed by atoms with Gasteiger partial charge in [0.15, 0.2) is 11.5 Å². The van der Waals surface area contributed by atoms with Crippen molar-refractivity contribution in [2.45, 2.75) is 5.37 Å². The number of rotatable bonds is 7. The molecule has 0 aliphatic carbocycles. The molecule has 1 N–H and O–H groups in total. The van der Waals surface area contributed by atoms with Crippen molar-refractivity contribution in [2.24, 2.45) is 0 Å². The van der Waals surface area contributed by atoms with Crippen LogP contribution in [0.5, 0.6) is 17.2 Å². The molecule has 2 aromatic rings. The highest BCUT2D eigenvalue weighted by atomic mass is 32.2. The van der Waals surface area contributed by atoms with E-state index in [1.54, 1.807) is 29.7 Å². The number of thioether (sulfide) groups is 1. The number of nitrogens with one attached hydrogen (secondary N) is 1. The van der Waals surface area contributed by atoms with E-state index in [2.05, 4.69) is 5.32 Å². The first kappa shape index (κ1) is 20.6. The highest BCUT2D eigenvalue weighted by Gasteiger charge is 2.26. The maximum atomic E-state index is 13.0. The number of ketones is 1. The van der Waals surface area contributed by atoms with E-state index in [1.807, 2.05) is 12.1 Å². The third-order valence-corrected chi connectivity index (χ3v) is 5.45. The Labute approximate surface area is 173 Å². The SMILES string of the molecule is COC(=O)c1ccc(C2NC(C(=O)c3cc(OC)c(OC)c(OC)c3)=CS2)cc1. The van der Waals surface area contributed by atoms with E-state index in [0.717, 1.165) is 5.56 Å². The van der Waals surface area contributed by atoms with Gasteiger partial charge in [-0.1, -0.05) is 12.1 Å². The molecule has 1 aliphatic heterocycles. The number of hydrogen-bond donors (Lipinski definition) is 1. The maximum Gasteiger partial charge on any atom is 0.337 e. The standard InChI is InChI=1S/C21H21NO6S/c1-25-16-9-14(10-17(26-2)19(16)27-3)18(23)15-11-29-20(22-15)12-5-7-13(8-6-12)21(24)28-4/h5-11,20,22H,1-4H3. The number of Topliss-reactive ketones (excluding diaryl/α,β-unsaturated/α-hetero) is 1. The molecule has 7 nitrogen and oxygen atoms in total. The summed E-state index contributed by atoms with van der Waals surface area (Å²) in [6.07, 6.45) is 0. The van der Waals surface area contributed by atoms with Crippen LogP contribution in [-0.4, -0.2) is 40.2 Å². The second kappa shape index (κ2) is 8.91. The number of esters is 1. The fourth-order valence-electron chi connectivity index (χ4n) is 2.91. The zero-order chi connectivity index (χ0) is 21.0. The predicted molar refractivity (Wildman–Crippen MR) is 110 cm³/mol. The third-order valence-electron chi connectivity index (χ3n) is 4.41. The number of allylic oxidation sites excluding steroid dienone is 1. The summed E-state index contributed by atoms with van der Waals surface area (Å²) in [5.74, 6) is 0.677. The molecule has 3 rings (SSSR count). The molecule has 0 fully saturated rings. The maximum absolute atomic E-state index is 13.0. The molecule has 0 spiro atoms. The summed E-state index contributed by atoms with van der Waals surface area (Å²) >= 11 is 1.48. The minimum absolute atomic E-state index is 0.136. The number of carbonyl (C=O) groups is 2. The first-order chi connectivity index (χ1) is 14.0. The van der Waals surface area contributed by atoms with Crippen LogP contribution in [0.2, 0.25) is 0 Å². The number of carbonyl (C=O) groups excluding carboxylic acids is 2. The minimum Gasteiger partial charge on any atom is -0.493 e. The quantitative estimate of drug-likeness (QED) is 0.543. The molecule has 1 unspecified atom stereocenters. The number of ether oxygens (including phenoxy) is 4. The molecule has 1 atom stereocenters. The summed E-state index contributed by atoms with van der Waals surface area (Å²) in [4.78, 5) is 24.6. The second-order valence-corrected chi connectivity index (χ2v) is 7.03. The first-order valence-electron chi connectivity index (χ1n) is 8.67. The van der Waals surface area contributed by atoms with Crippen molar-refractivity contribution in [3.8, 4) is 17.2 Å². The fraction of sp³-hybridized carbons (Fsp3) is 0.238. The van der Waals surface area contributed by atoms with Gasteiger partial charge < -0.3 is 24.3 Å². The van der Waals surface area contributed by atoms with Gasteiger partial charge in [0, 0.05) is 11.0 Å². The van der Waals surface area contributed by atoms with Gasteiger partial charge in [-0.15, -0.1) is 11.8 Å². The van der Waals surface area contributed by atoms with Crippen LogP contribution in [0.3, 0.4) is 0 Å². The molecular weight excluding hydrogens is 394 g/mol. The lowest BCUT2D eigenvalue weighted by Crippen LogP contribution is -2.19.